The molecule has 26 heavy (non-hydrogen) atoms. The van der Waals surface area contributed by atoms with Crippen LogP contribution in [-0.2, 0) is 10.0 Å². The lowest BCUT2D eigenvalue weighted by Gasteiger charge is -2.20. The number of halogens is 1. The van der Waals surface area contributed by atoms with Gasteiger partial charge in [-0.25, -0.2) is 8.42 Å². The molecule has 0 aromatic heterocycles. The molecular formula is C20H22ClNO3S. The fraction of sp³-hybridized carbons (Fsp3) is 0.250. The summed E-state index contributed by atoms with van der Waals surface area (Å²) in [5, 5.41) is 0.539. The SMILES string of the molecule is CCCCN(/C=C/C(=O)c1ccc(Cl)cc1)S(=O)(=O)c1ccc(C)cc1. The maximum absolute atomic E-state index is 12.9. The van der Waals surface area contributed by atoms with Gasteiger partial charge >= 0.3 is 0 Å². The zero-order valence-corrected chi connectivity index (χ0v) is 16.4. The second-order valence-corrected chi connectivity index (χ2v) is 8.30. The third-order valence-electron chi connectivity index (χ3n) is 3.88. The standard InChI is InChI=1S/C20H22ClNO3S/c1-3-4-14-22(26(24,25)19-11-5-16(2)6-12-19)15-13-20(23)17-7-9-18(21)10-8-17/h5-13,15H,3-4,14H2,1-2H3/b15-13+. The first kappa shape index (κ1) is 20.2. The molecule has 0 aliphatic carbocycles. The van der Waals surface area contributed by atoms with Gasteiger partial charge in [-0.2, -0.15) is 0 Å². The van der Waals surface area contributed by atoms with Crippen molar-refractivity contribution in [3.63, 3.8) is 0 Å². The van der Waals surface area contributed by atoms with E-state index in [1.807, 2.05) is 13.8 Å². The second kappa shape index (κ2) is 9.01. The van der Waals surface area contributed by atoms with Crippen LogP contribution in [0.3, 0.4) is 0 Å². The van der Waals surface area contributed by atoms with Crippen LogP contribution in [0.4, 0.5) is 0 Å². The highest BCUT2D eigenvalue weighted by Crippen LogP contribution is 2.18. The quantitative estimate of drug-likeness (QED) is 0.478. The molecule has 0 aliphatic heterocycles. The molecule has 0 saturated heterocycles. The van der Waals surface area contributed by atoms with E-state index in [0.717, 1.165) is 12.0 Å². The van der Waals surface area contributed by atoms with E-state index >= 15 is 0 Å². The Morgan fingerprint density at radius 2 is 1.69 bits per heavy atom. The lowest BCUT2D eigenvalue weighted by Crippen LogP contribution is -2.27. The minimum absolute atomic E-state index is 0.211. The van der Waals surface area contributed by atoms with E-state index in [1.165, 1.54) is 16.6 Å². The first-order valence-electron chi connectivity index (χ1n) is 8.41. The predicted octanol–water partition coefficient (Wildman–Crippen LogP) is 4.84. The number of nitrogens with zero attached hydrogens (tertiary/aromatic N) is 1. The molecule has 2 rings (SSSR count). The van der Waals surface area contributed by atoms with Crippen molar-refractivity contribution in [2.45, 2.75) is 31.6 Å². The van der Waals surface area contributed by atoms with E-state index < -0.39 is 10.0 Å². The van der Waals surface area contributed by atoms with Gasteiger partial charge in [0.15, 0.2) is 5.78 Å². The molecule has 0 radical (unpaired) electrons. The average molecular weight is 392 g/mol. The summed E-state index contributed by atoms with van der Waals surface area (Å²) in [6.07, 6.45) is 4.18. The molecule has 0 atom stereocenters. The smallest absolute Gasteiger partial charge is 0.263 e. The second-order valence-electron chi connectivity index (χ2n) is 5.97. The van der Waals surface area contributed by atoms with E-state index in [2.05, 4.69) is 0 Å². The Balaban J connectivity index is 2.27. The first-order valence-corrected chi connectivity index (χ1v) is 10.2. The van der Waals surface area contributed by atoms with Crippen LogP contribution < -0.4 is 0 Å². The van der Waals surface area contributed by atoms with Gasteiger partial charge in [0.25, 0.3) is 10.0 Å². The van der Waals surface area contributed by atoms with Crippen LogP contribution in [0.2, 0.25) is 5.02 Å². The Morgan fingerprint density at radius 3 is 2.27 bits per heavy atom. The summed E-state index contributed by atoms with van der Waals surface area (Å²) in [6.45, 7) is 4.20. The van der Waals surface area contributed by atoms with Crippen LogP contribution in [0.15, 0.2) is 65.7 Å². The minimum atomic E-state index is -3.70. The van der Waals surface area contributed by atoms with Gasteiger partial charge in [0.05, 0.1) is 4.90 Å². The molecule has 0 unspecified atom stereocenters. The van der Waals surface area contributed by atoms with Gasteiger partial charge < -0.3 is 0 Å². The van der Waals surface area contributed by atoms with E-state index in [4.69, 9.17) is 11.6 Å². The number of carbonyl (C=O) groups is 1. The zero-order chi connectivity index (χ0) is 19.2. The third kappa shape index (κ3) is 5.19. The van der Waals surface area contributed by atoms with Crippen molar-refractivity contribution in [1.29, 1.82) is 0 Å². The van der Waals surface area contributed by atoms with Crippen LogP contribution in [-0.4, -0.2) is 25.1 Å². The number of unbranched alkanes of at least 4 members (excludes halogenated alkanes) is 1. The Bertz CT molecular complexity index is 872. The summed E-state index contributed by atoms with van der Waals surface area (Å²) in [5.74, 6) is -0.276. The summed E-state index contributed by atoms with van der Waals surface area (Å²) in [4.78, 5) is 12.5. The van der Waals surface area contributed by atoms with Crippen molar-refractivity contribution in [3.05, 3.63) is 77.0 Å². The van der Waals surface area contributed by atoms with Gasteiger partial charge in [-0.3, -0.25) is 9.10 Å². The van der Waals surface area contributed by atoms with Gasteiger partial charge in [0.1, 0.15) is 0 Å². The van der Waals surface area contributed by atoms with E-state index in [9.17, 15) is 13.2 Å². The van der Waals surface area contributed by atoms with E-state index in [-0.39, 0.29) is 10.7 Å². The molecule has 6 heteroatoms. The number of aryl methyl sites for hydroxylation is 1. The van der Waals surface area contributed by atoms with Crippen LogP contribution in [0, 0.1) is 6.92 Å². The zero-order valence-electron chi connectivity index (χ0n) is 14.9. The highest BCUT2D eigenvalue weighted by atomic mass is 35.5. The van der Waals surface area contributed by atoms with Gasteiger partial charge in [0.2, 0.25) is 0 Å². The molecule has 0 amide bonds. The largest absolute Gasteiger partial charge is 0.289 e. The molecule has 0 aliphatic rings. The van der Waals surface area contributed by atoms with Crippen LogP contribution >= 0.6 is 11.6 Å². The number of ketones is 1. The van der Waals surface area contributed by atoms with Crippen LogP contribution in [0.1, 0.15) is 35.7 Å². The molecule has 0 fully saturated rings. The van der Waals surface area contributed by atoms with Gasteiger partial charge in [-0.1, -0.05) is 42.6 Å². The lowest BCUT2D eigenvalue weighted by molar-refractivity contribution is 0.104. The Morgan fingerprint density at radius 1 is 1.08 bits per heavy atom. The fourth-order valence-electron chi connectivity index (χ4n) is 2.30. The topological polar surface area (TPSA) is 54.5 Å². The Kier molecular flexibility index (Phi) is 7.00. The van der Waals surface area contributed by atoms with E-state index in [0.29, 0.717) is 23.6 Å². The number of carbonyl (C=O) groups excluding carboxylic acids is 1. The van der Waals surface area contributed by atoms with Gasteiger partial charge in [-0.15, -0.1) is 0 Å². The van der Waals surface area contributed by atoms with Crippen molar-refractivity contribution in [2.24, 2.45) is 0 Å². The maximum atomic E-state index is 12.9. The molecule has 2 aromatic carbocycles. The number of sulfonamides is 1. The van der Waals surface area contributed by atoms with Crippen LogP contribution in [0.5, 0.6) is 0 Å². The first-order chi connectivity index (χ1) is 12.3. The number of hydrogen-bond donors (Lipinski definition) is 0. The van der Waals surface area contributed by atoms with E-state index in [1.54, 1.807) is 48.5 Å². The monoisotopic (exact) mass is 391 g/mol. The maximum Gasteiger partial charge on any atom is 0.263 e. The predicted molar refractivity (Wildman–Crippen MR) is 105 cm³/mol. The summed E-state index contributed by atoms with van der Waals surface area (Å²) in [7, 11) is -3.70. The van der Waals surface area contributed by atoms with Gasteiger partial charge in [-0.05, 0) is 49.7 Å². The highest BCUT2D eigenvalue weighted by molar-refractivity contribution is 7.89. The number of hydrogen-bond acceptors (Lipinski definition) is 3. The Hall–Kier alpha value is -2.11. The summed E-state index contributed by atoms with van der Waals surface area (Å²) >= 11 is 5.82. The highest BCUT2D eigenvalue weighted by Gasteiger charge is 2.21. The molecule has 138 valence electrons. The number of rotatable bonds is 8. The molecule has 0 saturated carbocycles. The normalized spacial score (nSPS) is 11.7. The summed E-state index contributed by atoms with van der Waals surface area (Å²) in [5.41, 5.74) is 1.44. The number of benzene rings is 2. The molecule has 4 nitrogen and oxygen atoms in total. The van der Waals surface area contributed by atoms with Crippen LogP contribution in [0.25, 0.3) is 0 Å². The fourth-order valence-corrected chi connectivity index (χ4v) is 3.76. The van der Waals surface area contributed by atoms with Crippen molar-refractivity contribution < 1.29 is 13.2 Å². The molecule has 0 heterocycles. The van der Waals surface area contributed by atoms with Crippen molar-refractivity contribution in [2.75, 3.05) is 6.54 Å². The average Bonchev–Trinajstić information content (AvgIpc) is 2.62. The van der Waals surface area contributed by atoms with Gasteiger partial charge in [0, 0.05) is 29.4 Å². The molecular weight excluding hydrogens is 370 g/mol. The molecule has 0 N–H and O–H groups in total. The summed E-state index contributed by atoms with van der Waals surface area (Å²) in [6, 6.07) is 13.2. The number of allylic oxidation sites excluding steroid dienone is 1. The molecule has 0 bridgehead atoms. The Labute approximate surface area is 160 Å². The molecule has 2 aromatic rings. The van der Waals surface area contributed by atoms with Crippen molar-refractivity contribution in [1.82, 2.24) is 4.31 Å². The summed E-state index contributed by atoms with van der Waals surface area (Å²) < 4.78 is 27.0. The lowest BCUT2D eigenvalue weighted by atomic mass is 10.1. The minimum Gasteiger partial charge on any atom is -0.289 e. The molecule has 0 spiro atoms. The third-order valence-corrected chi connectivity index (χ3v) is 5.92. The van der Waals surface area contributed by atoms with Crippen molar-refractivity contribution in [3.8, 4) is 0 Å². The van der Waals surface area contributed by atoms with Crippen molar-refractivity contribution >= 4 is 27.4 Å².